The van der Waals surface area contributed by atoms with E-state index in [4.69, 9.17) is 0 Å². The minimum absolute atomic E-state index is 0.00403. The van der Waals surface area contributed by atoms with Crippen molar-refractivity contribution in [2.24, 2.45) is 0 Å². The Labute approximate surface area is 145 Å². The lowest BCUT2D eigenvalue weighted by Crippen LogP contribution is -2.43. The minimum Gasteiger partial charge on any atom is -0.309 e. The van der Waals surface area contributed by atoms with Gasteiger partial charge in [0.2, 0.25) is 5.91 Å². The van der Waals surface area contributed by atoms with Crippen molar-refractivity contribution >= 4 is 22.4 Å². The van der Waals surface area contributed by atoms with E-state index < -0.39 is 0 Å². The molecule has 5 heteroatoms. The maximum Gasteiger partial charge on any atom is 0.272 e. The minimum atomic E-state index is -0.233. The summed E-state index contributed by atoms with van der Waals surface area (Å²) in [6, 6.07) is 15.5. The Morgan fingerprint density at radius 3 is 2.72 bits per heavy atom. The molecule has 2 heterocycles. The van der Waals surface area contributed by atoms with Crippen LogP contribution in [-0.4, -0.2) is 22.1 Å². The number of H-pyrrole nitrogens is 1. The predicted octanol–water partition coefficient (Wildman–Crippen LogP) is 2.83. The molecule has 1 atom stereocenters. The van der Waals surface area contributed by atoms with Crippen molar-refractivity contribution in [2.45, 2.75) is 32.2 Å². The number of carbonyl (C=O) groups excluding carboxylic acids is 1. The topological polar surface area (TPSA) is 66.1 Å². The smallest absolute Gasteiger partial charge is 0.272 e. The Morgan fingerprint density at radius 2 is 1.88 bits per heavy atom. The van der Waals surface area contributed by atoms with Crippen molar-refractivity contribution in [1.29, 1.82) is 0 Å². The Kier molecular flexibility index (Phi) is 3.84. The average molecular weight is 333 g/mol. The molecule has 25 heavy (non-hydrogen) atoms. The number of aryl methyl sites for hydroxylation is 1. The number of nitrogens with one attached hydrogen (secondary N) is 1. The van der Waals surface area contributed by atoms with Crippen LogP contribution >= 0.6 is 0 Å². The van der Waals surface area contributed by atoms with Gasteiger partial charge in [-0.2, -0.15) is 5.10 Å². The number of fused-ring (bicyclic) bond motifs is 2. The molecule has 126 valence electrons. The number of para-hydroxylation sites is 1. The van der Waals surface area contributed by atoms with Gasteiger partial charge in [-0.3, -0.25) is 9.59 Å². The van der Waals surface area contributed by atoms with E-state index in [0.29, 0.717) is 11.1 Å². The van der Waals surface area contributed by atoms with Gasteiger partial charge in [-0.05, 0) is 37.5 Å². The van der Waals surface area contributed by atoms with Gasteiger partial charge in [-0.25, -0.2) is 5.10 Å². The van der Waals surface area contributed by atoms with Gasteiger partial charge in [0.15, 0.2) is 0 Å². The van der Waals surface area contributed by atoms with Crippen LogP contribution in [0.1, 0.15) is 24.6 Å². The van der Waals surface area contributed by atoms with Gasteiger partial charge in [-0.1, -0.05) is 36.4 Å². The van der Waals surface area contributed by atoms with E-state index in [-0.39, 0.29) is 23.9 Å². The lowest BCUT2D eigenvalue weighted by Gasteiger charge is -2.35. The summed E-state index contributed by atoms with van der Waals surface area (Å²) in [7, 11) is 0. The number of aromatic amines is 1. The van der Waals surface area contributed by atoms with Crippen LogP contribution in [0.25, 0.3) is 10.8 Å². The summed E-state index contributed by atoms with van der Waals surface area (Å²) in [5.74, 6) is 0.00403. The summed E-state index contributed by atoms with van der Waals surface area (Å²) >= 11 is 0. The molecule has 1 aliphatic rings. The number of hydrogen-bond acceptors (Lipinski definition) is 3. The molecule has 5 nitrogen and oxygen atoms in total. The highest BCUT2D eigenvalue weighted by Gasteiger charge is 2.28. The predicted molar refractivity (Wildman–Crippen MR) is 97.8 cm³/mol. The Morgan fingerprint density at radius 1 is 1.16 bits per heavy atom. The molecule has 3 aromatic rings. The first-order valence-electron chi connectivity index (χ1n) is 8.51. The van der Waals surface area contributed by atoms with E-state index in [1.165, 1.54) is 5.56 Å². The SMILES string of the molecule is CC1CCc2ccccc2N1C(=O)Cc1n[nH]c(=O)c2ccccc12. The molecule has 1 unspecified atom stereocenters. The number of hydrogen-bond donors (Lipinski definition) is 1. The summed E-state index contributed by atoms with van der Waals surface area (Å²) in [6.45, 7) is 2.08. The number of nitrogens with zero attached hydrogens (tertiary/aromatic N) is 2. The summed E-state index contributed by atoms with van der Waals surface area (Å²) in [6.07, 6.45) is 2.10. The average Bonchev–Trinajstić information content (AvgIpc) is 2.64. The zero-order valence-electron chi connectivity index (χ0n) is 14.0. The maximum absolute atomic E-state index is 13.1. The summed E-state index contributed by atoms with van der Waals surface area (Å²) < 4.78 is 0. The second-order valence-electron chi connectivity index (χ2n) is 6.50. The zero-order valence-corrected chi connectivity index (χ0v) is 14.0. The van der Waals surface area contributed by atoms with Crippen molar-refractivity contribution in [3.05, 3.63) is 70.1 Å². The quantitative estimate of drug-likeness (QED) is 0.784. The number of aromatic nitrogens is 2. The van der Waals surface area contributed by atoms with Gasteiger partial charge in [0.25, 0.3) is 5.56 Å². The fraction of sp³-hybridized carbons (Fsp3) is 0.250. The Bertz CT molecular complexity index is 1010. The summed E-state index contributed by atoms with van der Waals surface area (Å²) in [5, 5.41) is 7.94. The fourth-order valence-corrected chi connectivity index (χ4v) is 3.60. The van der Waals surface area contributed by atoms with E-state index in [9.17, 15) is 9.59 Å². The van der Waals surface area contributed by atoms with Gasteiger partial charge >= 0.3 is 0 Å². The summed E-state index contributed by atoms with van der Waals surface area (Å²) in [5.41, 5.74) is 2.56. The lowest BCUT2D eigenvalue weighted by atomic mass is 9.96. The molecule has 1 amide bonds. The first-order chi connectivity index (χ1) is 12.1. The first kappa shape index (κ1) is 15.6. The molecule has 0 radical (unpaired) electrons. The maximum atomic E-state index is 13.1. The highest BCUT2D eigenvalue weighted by atomic mass is 16.2. The van der Waals surface area contributed by atoms with Crippen molar-refractivity contribution in [1.82, 2.24) is 10.2 Å². The monoisotopic (exact) mass is 333 g/mol. The first-order valence-corrected chi connectivity index (χ1v) is 8.51. The molecule has 1 aromatic heterocycles. The molecule has 0 saturated carbocycles. The van der Waals surface area contributed by atoms with Gasteiger partial charge in [0, 0.05) is 17.1 Å². The molecular weight excluding hydrogens is 314 g/mol. The van der Waals surface area contributed by atoms with Gasteiger partial charge in [-0.15, -0.1) is 0 Å². The molecular formula is C20H19N3O2. The van der Waals surface area contributed by atoms with Crippen molar-refractivity contribution < 1.29 is 4.79 Å². The van der Waals surface area contributed by atoms with Gasteiger partial charge < -0.3 is 4.90 Å². The fourth-order valence-electron chi connectivity index (χ4n) is 3.60. The van der Waals surface area contributed by atoms with Crippen molar-refractivity contribution in [2.75, 3.05) is 4.90 Å². The van der Waals surface area contributed by atoms with Crippen LogP contribution in [0.4, 0.5) is 5.69 Å². The molecule has 0 spiro atoms. The van der Waals surface area contributed by atoms with Crippen molar-refractivity contribution in [3.8, 4) is 0 Å². The van der Waals surface area contributed by atoms with Crippen LogP contribution in [-0.2, 0) is 17.6 Å². The van der Waals surface area contributed by atoms with Crippen LogP contribution in [0.15, 0.2) is 53.3 Å². The molecule has 2 aromatic carbocycles. The third kappa shape index (κ3) is 2.71. The molecule has 0 fully saturated rings. The van der Waals surface area contributed by atoms with Gasteiger partial charge in [0.1, 0.15) is 0 Å². The number of carbonyl (C=O) groups is 1. The number of benzene rings is 2. The number of anilines is 1. The molecule has 0 bridgehead atoms. The van der Waals surface area contributed by atoms with E-state index in [2.05, 4.69) is 23.2 Å². The highest BCUT2D eigenvalue weighted by Crippen LogP contribution is 2.31. The Hall–Kier alpha value is -2.95. The normalized spacial score (nSPS) is 16.7. The molecule has 0 saturated heterocycles. The lowest BCUT2D eigenvalue weighted by molar-refractivity contribution is -0.118. The number of rotatable bonds is 2. The van der Waals surface area contributed by atoms with Crippen LogP contribution in [0.2, 0.25) is 0 Å². The second-order valence-corrected chi connectivity index (χ2v) is 6.50. The number of amides is 1. The largest absolute Gasteiger partial charge is 0.309 e. The highest BCUT2D eigenvalue weighted by molar-refractivity contribution is 5.98. The summed E-state index contributed by atoms with van der Waals surface area (Å²) in [4.78, 5) is 26.9. The standard InChI is InChI=1S/C20H19N3O2/c1-13-10-11-14-6-2-5-9-18(14)23(13)19(24)12-17-15-7-3-4-8-16(15)20(25)22-21-17/h2-9,13H,10-12H2,1H3,(H,22,25). The third-order valence-electron chi connectivity index (χ3n) is 4.89. The van der Waals surface area contributed by atoms with E-state index in [1.807, 2.05) is 41.3 Å². The Balaban J connectivity index is 1.72. The van der Waals surface area contributed by atoms with E-state index in [0.717, 1.165) is 23.9 Å². The molecule has 4 rings (SSSR count). The third-order valence-corrected chi connectivity index (χ3v) is 4.89. The van der Waals surface area contributed by atoms with Crippen LogP contribution in [0.3, 0.4) is 0 Å². The molecule has 0 aliphatic carbocycles. The van der Waals surface area contributed by atoms with Crippen LogP contribution < -0.4 is 10.5 Å². The van der Waals surface area contributed by atoms with Gasteiger partial charge in [0.05, 0.1) is 17.5 Å². The van der Waals surface area contributed by atoms with Crippen molar-refractivity contribution in [3.63, 3.8) is 0 Å². The van der Waals surface area contributed by atoms with Crippen LogP contribution in [0, 0.1) is 0 Å². The van der Waals surface area contributed by atoms with E-state index >= 15 is 0 Å². The zero-order chi connectivity index (χ0) is 17.4. The molecule has 1 N–H and O–H groups in total. The van der Waals surface area contributed by atoms with E-state index in [1.54, 1.807) is 6.07 Å². The molecule has 1 aliphatic heterocycles. The van der Waals surface area contributed by atoms with Crippen LogP contribution in [0.5, 0.6) is 0 Å². The second kappa shape index (κ2) is 6.16.